The molecule has 5 rings (SSSR count). The van der Waals surface area contributed by atoms with Crippen LogP contribution in [0.4, 0.5) is 0 Å². The third kappa shape index (κ3) is 11.4. The molecular weight excluding hydrogens is 746 g/mol. The van der Waals surface area contributed by atoms with Crippen LogP contribution in [0.2, 0.25) is 0 Å². The van der Waals surface area contributed by atoms with E-state index in [1.165, 1.54) is 23.3 Å². The van der Waals surface area contributed by atoms with Gasteiger partial charge in [-0.2, -0.15) is 0 Å². The summed E-state index contributed by atoms with van der Waals surface area (Å²) >= 11 is 7.09. The number of H-pyrrole nitrogens is 1. The molecule has 0 spiro atoms. The highest BCUT2D eigenvalue weighted by Gasteiger charge is 2.38. The lowest BCUT2D eigenvalue weighted by Gasteiger charge is -2.37. The predicted octanol–water partition coefficient (Wildman–Crippen LogP) is 3.06. The maximum absolute atomic E-state index is 14.3. The molecule has 1 aliphatic heterocycles. The van der Waals surface area contributed by atoms with E-state index in [9.17, 15) is 28.8 Å². The third-order valence-electron chi connectivity index (χ3n) is 9.56. The van der Waals surface area contributed by atoms with Gasteiger partial charge >= 0.3 is 5.97 Å². The molecule has 55 heavy (non-hydrogen) atoms. The molecular formula is C39H46ClN7O7S. The molecule has 3 heterocycles. The van der Waals surface area contributed by atoms with Gasteiger partial charge in [-0.1, -0.05) is 48.0 Å². The molecule has 1 saturated heterocycles. The van der Waals surface area contributed by atoms with E-state index in [2.05, 4.69) is 31.2 Å². The van der Waals surface area contributed by atoms with Gasteiger partial charge in [-0.15, -0.1) is 22.9 Å². The van der Waals surface area contributed by atoms with E-state index >= 15 is 0 Å². The van der Waals surface area contributed by atoms with Crippen LogP contribution in [0.1, 0.15) is 54.5 Å². The molecule has 0 aliphatic carbocycles. The van der Waals surface area contributed by atoms with Crippen molar-refractivity contribution in [2.75, 3.05) is 19.5 Å². The zero-order valence-electron chi connectivity index (χ0n) is 30.8. The summed E-state index contributed by atoms with van der Waals surface area (Å²) in [5, 5.41) is 14.0. The minimum atomic E-state index is -1.15. The van der Waals surface area contributed by atoms with Crippen LogP contribution in [-0.2, 0) is 52.9 Å². The summed E-state index contributed by atoms with van der Waals surface area (Å²) in [4.78, 5) is 89.3. The Morgan fingerprint density at radius 1 is 0.964 bits per heavy atom. The van der Waals surface area contributed by atoms with Gasteiger partial charge in [0, 0.05) is 54.8 Å². The summed E-state index contributed by atoms with van der Waals surface area (Å²) in [5.41, 5.74) is 5.86. The van der Waals surface area contributed by atoms with Crippen LogP contribution in [-0.4, -0.2) is 94.1 Å². The van der Waals surface area contributed by atoms with Gasteiger partial charge in [0.05, 0.1) is 18.3 Å². The number of amides is 5. The number of halogens is 1. The molecule has 5 N–H and O–H groups in total. The van der Waals surface area contributed by atoms with Crippen LogP contribution < -0.4 is 21.3 Å². The predicted molar refractivity (Wildman–Crippen MR) is 208 cm³/mol. The minimum absolute atomic E-state index is 0.0586. The molecule has 4 atom stereocenters. The van der Waals surface area contributed by atoms with Crippen molar-refractivity contribution in [3.8, 4) is 0 Å². The van der Waals surface area contributed by atoms with Gasteiger partial charge in [-0.3, -0.25) is 28.8 Å². The van der Waals surface area contributed by atoms with Gasteiger partial charge in [-0.25, -0.2) is 4.98 Å². The van der Waals surface area contributed by atoms with Crippen LogP contribution in [0.3, 0.4) is 0 Å². The number of aryl methyl sites for hydroxylation is 1. The van der Waals surface area contributed by atoms with Crippen LogP contribution >= 0.6 is 22.9 Å². The van der Waals surface area contributed by atoms with Crippen molar-refractivity contribution in [1.29, 1.82) is 0 Å². The molecule has 2 aromatic heterocycles. The molecule has 0 bridgehead atoms. The Morgan fingerprint density at radius 2 is 1.73 bits per heavy atom. The Hall–Kier alpha value is -5.28. The number of piperidine rings is 1. The largest absolute Gasteiger partial charge is 0.469 e. The molecule has 0 radical (unpaired) electrons. The SMILES string of the molecule is COC(=O)CC[C@H](NC(=O)CCl)C(=O)N1CCCC[C@H]1C(=O)N[C@@H](Cc1c[nH]c2ccccc12)C(=O)N[C@@H](Cc1cscn1)C(=O)NCc1ccc(C)cc1. The average molecular weight is 792 g/mol. The summed E-state index contributed by atoms with van der Waals surface area (Å²) in [5.74, 6) is -3.69. The molecule has 16 heteroatoms. The molecule has 1 fully saturated rings. The fourth-order valence-electron chi connectivity index (χ4n) is 6.57. The normalized spacial score (nSPS) is 15.7. The molecule has 4 aromatic rings. The first-order valence-electron chi connectivity index (χ1n) is 18.1. The Bertz CT molecular complexity index is 1950. The number of hydrogen-bond acceptors (Lipinski definition) is 9. The van der Waals surface area contributed by atoms with Gasteiger partial charge in [-0.05, 0) is 49.8 Å². The van der Waals surface area contributed by atoms with Gasteiger partial charge in [0.15, 0.2) is 0 Å². The first-order valence-corrected chi connectivity index (χ1v) is 19.6. The Balaban J connectivity index is 1.38. The number of nitrogens with zero attached hydrogens (tertiary/aromatic N) is 2. The van der Waals surface area contributed by atoms with Crippen molar-refractivity contribution in [2.45, 2.75) is 82.6 Å². The van der Waals surface area contributed by atoms with Crippen molar-refractivity contribution in [2.24, 2.45) is 0 Å². The number of hydrogen-bond donors (Lipinski definition) is 5. The molecule has 1 aliphatic rings. The van der Waals surface area contributed by atoms with E-state index in [1.54, 1.807) is 17.1 Å². The number of ether oxygens (including phenoxy) is 1. The topological polar surface area (TPSA) is 192 Å². The van der Waals surface area contributed by atoms with Gasteiger partial charge in [0.1, 0.15) is 30.0 Å². The number of benzene rings is 2. The summed E-state index contributed by atoms with van der Waals surface area (Å²) in [7, 11) is 1.23. The van der Waals surface area contributed by atoms with Gasteiger partial charge in [0.2, 0.25) is 29.5 Å². The number of aromatic amines is 1. The fraction of sp³-hybridized carbons (Fsp3) is 0.410. The van der Waals surface area contributed by atoms with Crippen molar-refractivity contribution >= 4 is 69.3 Å². The second-order valence-corrected chi connectivity index (χ2v) is 14.5. The maximum atomic E-state index is 14.3. The lowest BCUT2D eigenvalue weighted by molar-refractivity contribution is -0.146. The number of fused-ring (bicyclic) bond motifs is 1. The van der Waals surface area contributed by atoms with Crippen LogP contribution in [0.25, 0.3) is 10.9 Å². The summed E-state index contributed by atoms with van der Waals surface area (Å²) in [6, 6.07) is 11.0. The van der Waals surface area contributed by atoms with E-state index in [4.69, 9.17) is 16.3 Å². The van der Waals surface area contributed by atoms with E-state index in [0.29, 0.717) is 25.0 Å². The smallest absolute Gasteiger partial charge is 0.305 e. The number of nitrogens with one attached hydrogen (secondary N) is 5. The molecule has 0 saturated carbocycles. The number of carbonyl (C=O) groups excluding carboxylic acids is 6. The summed E-state index contributed by atoms with van der Waals surface area (Å²) < 4.78 is 4.73. The molecule has 292 valence electrons. The standard InChI is InChI=1S/C39H46ClN7O7S/c1-24-10-12-25(13-11-24)20-42-36(50)32(18-27-22-55-23-43-27)45-37(51)31(17-26-21-41-29-8-4-3-7-28(26)29)46-38(52)33-9-5-6-16-47(33)39(53)30(44-34(48)19-40)14-15-35(49)54-2/h3-4,7-8,10-13,21-23,30-33,41H,5-6,9,14-20H2,1-2H3,(H,42,50)(H,44,48)(H,45,51)(H,46,52)/t30-,31-,32-,33-/m0/s1. The minimum Gasteiger partial charge on any atom is -0.469 e. The van der Waals surface area contributed by atoms with Gasteiger partial charge < -0.3 is 35.9 Å². The average Bonchev–Trinajstić information content (AvgIpc) is 3.88. The third-order valence-corrected chi connectivity index (χ3v) is 10.4. The fourth-order valence-corrected chi connectivity index (χ4v) is 7.22. The number of methoxy groups -OCH3 is 1. The van der Waals surface area contributed by atoms with Crippen molar-refractivity contribution in [1.82, 2.24) is 36.1 Å². The van der Waals surface area contributed by atoms with E-state index in [0.717, 1.165) is 27.6 Å². The lowest BCUT2D eigenvalue weighted by atomic mass is 9.97. The maximum Gasteiger partial charge on any atom is 0.305 e. The molecule has 5 amide bonds. The number of likely N-dealkylation sites (tertiary alicyclic amines) is 1. The van der Waals surface area contributed by atoms with E-state index in [-0.39, 0.29) is 38.8 Å². The Kier molecular flexibility index (Phi) is 14.8. The van der Waals surface area contributed by atoms with Crippen LogP contribution in [0.5, 0.6) is 0 Å². The van der Waals surface area contributed by atoms with Crippen LogP contribution in [0, 0.1) is 6.92 Å². The number of para-hydroxylation sites is 1. The van der Waals surface area contributed by atoms with E-state index in [1.807, 2.05) is 55.5 Å². The first-order chi connectivity index (χ1) is 26.6. The van der Waals surface area contributed by atoms with Crippen molar-refractivity contribution in [3.05, 3.63) is 88.0 Å². The van der Waals surface area contributed by atoms with Crippen molar-refractivity contribution in [3.63, 3.8) is 0 Å². The monoisotopic (exact) mass is 791 g/mol. The van der Waals surface area contributed by atoms with Crippen molar-refractivity contribution < 1.29 is 33.5 Å². The summed E-state index contributed by atoms with van der Waals surface area (Å²) in [6.45, 7) is 2.44. The lowest BCUT2D eigenvalue weighted by Crippen LogP contribution is -2.61. The highest BCUT2D eigenvalue weighted by atomic mass is 35.5. The first kappa shape index (κ1) is 40.9. The Morgan fingerprint density at radius 3 is 2.45 bits per heavy atom. The second kappa shape index (κ2) is 19.9. The van der Waals surface area contributed by atoms with E-state index < -0.39 is 65.6 Å². The zero-order valence-corrected chi connectivity index (χ0v) is 32.3. The molecule has 0 unspecified atom stereocenters. The number of esters is 1. The zero-order chi connectivity index (χ0) is 39.3. The number of alkyl halides is 1. The number of aromatic nitrogens is 2. The second-order valence-electron chi connectivity index (χ2n) is 13.5. The molecule has 14 nitrogen and oxygen atoms in total. The molecule has 2 aromatic carbocycles. The number of rotatable bonds is 17. The Labute approximate surface area is 328 Å². The van der Waals surface area contributed by atoms with Gasteiger partial charge in [0.25, 0.3) is 0 Å². The number of carbonyl (C=O) groups is 6. The summed E-state index contributed by atoms with van der Waals surface area (Å²) in [6.07, 6.45) is 3.32. The van der Waals surface area contributed by atoms with Crippen LogP contribution in [0.15, 0.2) is 65.6 Å². The highest BCUT2D eigenvalue weighted by molar-refractivity contribution is 7.07. The number of thiazole rings is 1. The quantitative estimate of drug-likeness (QED) is 0.0796. The highest BCUT2D eigenvalue weighted by Crippen LogP contribution is 2.22.